The normalized spacial score (nSPS) is 13.3. The molecule has 0 bridgehead atoms. The summed E-state index contributed by atoms with van der Waals surface area (Å²) in [4.78, 5) is 0. The Labute approximate surface area is 67.5 Å². The molecule has 0 saturated carbocycles. The van der Waals surface area contributed by atoms with Crippen molar-refractivity contribution in [2.75, 3.05) is 0 Å². The second kappa shape index (κ2) is 3.47. The van der Waals surface area contributed by atoms with E-state index in [4.69, 9.17) is 5.11 Å². The summed E-state index contributed by atoms with van der Waals surface area (Å²) in [5.41, 5.74) is -0.122. The Morgan fingerprint density at radius 1 is 1.00 bits per heavy atom. The van der Waals surface area contributed by atoms with Crippen LogP contribution in [-0.4, -0.2) is 11.5 Å². The van der Waals surface area contributed by atoms with Crippen molar-refractivity contribution in [3.8, 4) is 5.75 Å². The fourth-order valence-electron chi connectivity index (χ4n) is 0.804. The van der Waals surface area contributed by atoms with Gasteiger partial charge in [-0.15, -0.1) is 0 Å². The van der Waals surface area contributed by atoms with E-state index in [1.165, 1.54) is 12.1 Å². The molecular formula is C8H7F3O. The topological polar surface area (TPSA) is 20.2 Å². The van der Waals surface area contributed by atoms with Crippen molar-refractivity contribution in [1.29, 1.82) is 0 Å². The van der Waals surface area contributed by atoms with Gasteiger partial charge >= 0.3 is 0 Å². The van der Waals surface area contributed by atoms with Gasteiger partial charge in [-0.3, -0.25) is 0 Å². The van der Waals surface area contributed by atoms with Crippen LogP contribution in [0.2, 0.25) is 0 Å². The molecule has 1 N–H and O–H groups in total. The predicted octanol–water partition coefficient (Wildman–Crippen LogP) is 2.67. The van der Waals surface area contributed by atoms with Gasteiger partial charge in [0, 0.05) is 0 Å². The molecule has 0 fully saturated rings. The van der Waals surface area contributed by atoms with Crippen molar-refractivity contribution >= 4 is 0 Å². The first-order valence-electron chi connectivity index (χ1n) is 3.32. The molecule has 0 amide bonds. The second-order valence-electron chi connectivity index (χ2n) is 2.33. The lowest BCUT2D eigenvalue weighted by Crippen LogP contribution is -2.02. The van der Waals surface area contributed by atoms with Gasteiger partial charge in [-0.2, -0.15) is 0 Å². The third-order valence-corrected chi connectivity index (χ3v) is 1.43. The third kappa shape index (κ3) is 1.90. The van der Waals surface area contributed by atoms with E-state index in [9.17, 15) is 13.2 Å². The highest BCUT2D eigenvalue weighted by atomic mass is 19.3. The van der Waals surface area contributed by atoms with E-state index in [0.29, 0.717) is 0 Å². The molecule has 0 aliphatic heterocycles. The van der Waals surface area contributed by atoms with Gasteiger partial charge in [-0.05, 0) is 17.7 Å². The smallest absolute Gasteiger partial charge is 0.273 e. The lowest BCUT2D eigenvalue weighted by molar-refractivity contribution is 0.0495. The van der Waals surface area contributed by atoms with Gasteiger partial charge in [0.2, 0.25) is 0 Å². The zero-order chi connectivity index (χ0) is 9.14. The molecule has 0 saturated heterocycles. The van der Waals surface area contributed by atoms with Crippen molar-refractivity contribution in [2.24, 2.45) is 0 Å². The van der Waals surface area contributed by atoms with E-state index in [0.717, 1.165) is 12.1 Å². The molecule has 12 heavy (non-hydrogen) atoms. The summed E-state index contributed by atoms with van der Waals surface area (Å²) in [5, 5.41) is 8.77. The zero-order valence-corrected chi connectivity index (χ0v) is 6.05. The molecule has 4 heteroatoms. The van der Waals surface area contributed by atoms with Gasteiger partial charge in [0.05, 0.1) is 0 Å². The Morgan fingerprint density at radius 3 is 1.92 bits per heavy atom. The van der Waals surface area contributed by atoms with Crippen LogP contribution in [0, 0.1) is 0 Å². The van der Waals surface area contributed by atoms with Gasteiger partial charge in [-0.25, -0.2) is 13.2 Å². The SMILES string of the molecule is Oc1ccc(C(F)C(F)F)cc1. The van der Waals surface area contributed by atoms with Crippen molar-refractivity contribution in [3.63, 3.8) is 0 Å². The highest BCUT2D eigenvalue weighted by Gasteiger charge is 2.20. The molecule has 0 aliphatic carbocycles. The van der Waals surface area contributed by atoms with E-state index in [1.54, 1.807) is 0 Å². The molecule has 1 nitrogen and oxygen atoms in total. The molecule has 0 radical (unpaired) electrons. The van der Waals surface area contributed by atoms with E-state index in [1.807, 2.05) is 0 Å². The van der Waals surface area contributed by atoms with E-state index < -0.39 is 12.6 Å². The van der Waals surface area contributed by atoms with Gasteiger partial charge < -0.3 is 5.11 Å². The van der Waals surface area contributed by atoms with E-state index in [2.05, 4.69) is 0 Å². The minimum Gasteiger partial charge on any atom is -0.508 e. The Morgan fingerprint density at radius 2 is 1.50 bits per heavy atom. The van der Waals surface area contributed by atoms with Crippen molar-refractivity contribution in [3.05, 3.63) is 29.8 Å². The molecule has 0 heterocycles. The number of aromatic hydroxyl groups is 1. The number of phenolic OH excluding ortho intramolecular Hbond substituents is 1. The molecule has 1 unspecified atom stereocenters. The molecule has 1 aromatic carbocycles. The fraction of sp³-hybridized carbons (Fsp3) is 0.250. The summed E-state index contributed by atoms with van der Waals surface area (Å²) >= 11 is 0. The Bertz CT molecular complexity index is 245. The number of rotatable bonds is 2. The molecule has 0 aromatic heterocycles. The highest BCUT2D eigenvalue weighted by molar-refractivity contribution is 5.27. The zero-order valence-electron chi connectivity index (χ0n) is 6.05. The monoisotopic (exact) mass is 176 g/mol. The lowest BCUT2D eigenvalue weighted by Gasteiger charge is -2.06. The molecular weight excluding hydrogens is 169 g/mol. The van der Waals surface area contributed by atoms with Gasteiger partial charge in [0.25, 0.3) is 6.43 Å². The summed E-state index contributed by atoms with van der Waals surface area (Å²) < 4.78 is 36.1. The fourth-order valence-corrected chi connectivity index (χ4v) is 0.804. The van der Waals surface area contributed by atoms with Crippen LogP contribution in [0.25, 0.3) is 0 Å². The Kier molecular flexibility index (Phi) is 2.58. The van der Waals surface area contributed by atoms with Crippen molar-refractivity contribution in [1.82, 2.24) is 0 Å². The molecule has 1 aromatic rings. The molecule has 66 valence electrons. The van der Waals surface area contributed by atoms with Crippen LogP contribution >= 0.6 is 0 Å². The first-order chi connectivity index (χ1) is 5.61. The molecule has 0 spiro atoms. The molecule has 1 rings (SSSR count). The highest BCUT2D eigenvalue weighted by Crippen LogP contribution is 2.25. The van der Waals surface area contributed by atoms with E-state index >= 15 is 0 Å². The van der Waals surface area contributed by atoms with Gasteiger partial charge in [0.15, 0.2) is 6.17 Å². The largest absolute Gasteiger partial charge is 0.508 e. The standard InChI is InChI=1S/C8H7F3O/c9-7(8(10)11)5-1-3-6(12)4-2-5/h1-4,7-8,12H. The maximum atomic E-state index is 12.6. The predicted molar refractivity (Wildman–Crippen MR) is 38.0 cm³/mol. The second-order valence-corrected chi connectivity index (χ2v) is 2.33. The number of alkyl halides is 3. The lowest BCUT2D eigenvalue weighted by atomic mass is 10.1. The first kappa shape index (κ1) is 8.90. The number of benzene rings is 1. The van der Waals surface area contributed by atoms with Crippen LogP contribution in [0.5, 0.6) is 5.75 Å². The van der Waals surface area contributed by atoms with E-state index in [-0.39, 0.29) is 11.3 Å². The summed E-state index contributed by atoms with van der Waals surface area (Å²) in [6.07, 6.45) is -5.29. The summed E-state index contributed by atoms with van der Waals surface area (Å²) in [5.74, 6) is -0.0692. The maximum Gasteiger partial charge on any atom is 0.273 e. The first-order valence-corrected chi connectivity index (χ1v) is 3.32. The average Bonchev–Trinajstić information content (AvgIpc) is 2.04. The maximum absolute atomic E-state index is 12.6. The average molecular weight is 176 g/mol. The number of phenols is 1. The number of hydrogen-bond acceptors (Lipinski definition) is 1. The molecule has 1 atom stereocenters. The Balaban J connectivity index is 2.82. The minimum absolute atomic E-state index is 0.0692. The summed E-state index contributed by atoms with van der Waals surface area (Å²) in [7, 11) is 0. The van der Waals surface area contributed by atoms with Gasteiger partial charge in [-0.1, -0.05) is 12.1 Å². The van der Waals surface area contributed by atoms with Crippen LogP contribution in [0.1, 0.15) is 11.7 Å². The van der Waals surface area contributed by atoms with Crippen LogP contribution in [0.3, 0.4) is 0 Å². The van der Waals surface area contributed by atoms with Crippen LogP contribution in [-0.2, 0) is 0 Å². The third-order valence-electron chi connectivity index (χ3n) is 1.43. The van der Waals surface area contributed by atoms with Crippen molar-refractivity contribution < 1.29 is 18.3 Å². The van der Waals surface area contributed by atoms with Crippen LogP contribution in [0.15, 0.2) is 24.3 Å². The summed E-state index contributed by atoms with van der Waals surface area (Å²) in [6, 6.07) is 4.60. The van der Waals surface area contributed by atoms with Crippen molar-refractivity contribution in [2.45, 2.75) is 12.6 Å². The van der Waals surface area contributed by atoms with Gasteiger partial charge in [0.1, 0.15) is 5.75 Å². The Hall–Kier alpha value is -1.19. The number of halogens is 3. The number of hydrogen-bond donors (Lipinski definition) is 1. The minimum atomic E-state index is -3.02. The quantitative estimate of drug-likeness (QED) is 0.734. The summed E-state index contributed by atoms with van der Waals surface area (Å²) in [6.45, 7) is 0. The van der Waals surface area contributed by atoms with Crippen LogP contribution < -0.4 is 0 Å². The van der Waals surface area contributed by atoms with Crippen LogP contribution in [0.4, 0.5) is 13.2 Å². The molecule has 0 aliphatic rings.